The quantitative estimate of drug-likeness (QED) is 0.850. The first-order valence-electron chi connectivity index (χ1n) is 6.41. The molecule has 1 fully saturated rings. The zero-order valence-electron chi connectivity index (χ0n) is 11.7. The maximum Gasteiger partial charge on any atom is 0.264 e. The van der Waals surface area contributed by atoms with E-state index in [0.29, 0.717) is 18.0 Å². The van der Waals surface area contributed by atoms with E-state index < -0.39 is 10.0 Å². The van der Waals surface area contributed by atoms with Gasteiger partial charge in [0.1, 0.15) is 0 Å². The summed E-state index contributed by atoms with van der Waals surface area (Å²) in [4.78, 5) is 14.8. The lowest BCUT2D eigenvalue weighted by molar-refractivity contribution is 0.0678. The second kappa shape index (κ2) is 5.80. The van der Waals surface area contributed by atoms with Crippen molar-refractivity contribution in [3.8, 4) is 0 Å². The van der Waals surface area contributed by atoms with Crippen LogP contribution in [0.5, 0.6) is 0 Å². The van der Waals surface area contributed by atoms with Crippen LogP contribution in [0.3, 0.4) is 0 Å². The predicted octanol–water partition coefficient (Wildman–Crippen LogP) is 0.479. The predicted molar refractivity (Wildman–Crippen MR) is 78.5 cm³/mol. The van der Waals surface area contributed by atoms with Crippen LogP contribution in [0.25, 0.3) is 0 Å². The van der Waals surface area contributed by atoms with E-state index in [-0.39, 0.29) is 22.9 Å². The van der Waals surface area contributed by atoms with E-state index in [0.717, 1.165) is 0 Å². The van der Waals surface area contributed by atoms with Crippen molar-refractivity contribution in [1.29, 1.82) is 0 Å². The van der Waals surface area contributed by atoms with Gasteiger partial charge in [0.05, 0.1) is 9.77 Å². The maximum absolute atomic E-state index is 12.4. The third-order valence-corrected chi connectivity index (χ3v) is 5.67. The van der Waals surface area contributed by atoms with E-state index in [9.17, 15) is 13.2 Å². The Labute approximate surface area is 123 Å². The third kappa shape index (κ3) is 3.20. The standard InChI is InChI=1S/C12H19N3O3S2/c1-8-5-15(6-9(2)14-8)12(16)11-4-10(7-19-11)20(17,18)13-3/h4,7-9,13-14H,5-6H2,1-3H3. The molecule has 6 nitrogen and oxygen atoms in total. The van der Waals surface area contributed by atoms with Crippen molar-refractivity contribution >= 4 is 27.3 Å². The van der Waals surface area contributed by atoms with Crippen LogP contribution in [0.1, 0.15) is 23.5 Å². The van der Waals surface area contributed by atoms with Gasteiger partial charge in [0.25, 0.3) is 5.91 Å². The van der Waals surface area contributed by atoms with Crippen molar-refractivity contribution in [1.82, 2.24) is 14.9 Å². The molecule has 1 saturated heterocycles. The van der Waals surface area contributed by atoms with Gasteiger partial charge in [-0.25, -0.2) is 13.1 Å². The minimum Gasteiger partial charge on any atom is -0.335 e. The van der Waals surface area contributed by atoms with Crippen molar-refractivity contribution < 1.29 is 13.2 Å². The normalized spacial score (nSPS) is 23.9. The number of thiophene rings is 1. The second-order valence-corrected chi connectivity index (χ2v) is 7.83. The van der Waals surface area contributed by atoms with Gasteiger partial charge < -0.3 is 10.2 Å². The van der Waals surface area contributed by atoms with Gasteiger partial charge in [-0.05, 0) is 27.0 Å². The van der Waals surface area contributed by atoms with Crippen molar-refractivity contribution in [2.24, 2.45) is 0 Å². The Morgan fingerprint density at radius 2 is 2.00 bits per heavy atom. The lowest BCUT2D eigenvalue weighted by Gasteiger charge is -2.35. The minimum absolute atomic E-state index is 0.104. The topological polar surface area (TPSA) is 78.5 Å². The number of rotatable bonds is 3. The summed E-state index contributed by atoms with van der Waals surface area (Å²) in [7, 11) is -2.13. The average molecular weight is 317 g/mol. The van der Waals surface area contributed by atoms with E-state index in [1.807, 2.05) is 13.8 Å². The first kappa shape index (κ1) is 15.4. The van der Waals surface area contributed by atoms with E-state index in [1.54, 1.807) is 4.90 Å². The van der Waals surface area contributed by atoms with Crippen LogP contribution in [0.15, 0.2) is 16.3 Å². The van der Waals surface area contributed by atoms with Gasteiger partial charge in [-0.15, -0.1) is 11.3 Å². The minimum atomic E-state index is -3.49. The highest BCUT2D eigenvalue weighted by atomic mass is 32.2. The monoisotopic (exact) mass is 317 g/mol. The SMILES string of the molecule is CNS(=O)(=O)c1csc(C(=O)N2CC(C)NC(C)C2)c1. The summed E-state index contributed by atoms with van der Waals surface area (Å²) in [5.41, 5.74) is 0. The number of piperazine rings is 1. The molecule has 1 aromatic rings. The lowest BCUT2D eigenvalue weighted by Crippen LogP contribution is -2.55. The Morgan fingerprint density at radius 1 is 1.40 bits per heavy atom. The number of nitrogens with one attached hydrogen (secondary N) is 2. The molecule has 0 aliphatic carbocycles. The fourth-order valence-corrected chi connectivity index (χ4v) is 4.31. The van der Waals surface area contributed by atoms with Crippen LogP contribution < -0.4 is 10.0 Å². The maximum atomic E-state index is 12.4. The summed E-state index contributed by atoms with van der Waals surface area (Å²) in [6.07, 6.45) is 0. The van der Waals surface area contributed by atoms with Crippen molar-refractivity contribution in [3.63, 3.8) is 0 Å². The average Bonchev–Trinajstić information content (AvgIpc) is 2.87. The fourth-order valence-electron chi connectivity index (χ4n) is 2.34. The van der Waals surface area contributed by atoms with Crippen molar-refractivity contribution in [2.45, 2.75) is 30.8 Å². The Balaban J connectivity index is 2.18. The van der Waals surface area contributed by atoms with Gasteiger partial charge in [0, 0.05) is 30.6 Å². The number of amides is 1. The molecule has 1 amide bonds. The molecule has 8 heteroatoms. The second-order valence-electron chi connectivity index (χ2n) is 5.03. The molecule has 0 saturated carbocycles. The lowest BCUT2D eigenvalue weighted by atomic mass is 10.1. The van der Waals surface area contributed by atoms with Crippen LogP contribution in [0.4, 0.5) is 0 Å². The molecule has 0 spiro atoms. The molecular weight excluding hydrogens is 298 g/mol. The Bertz CT molecular complexity index is 587. The summed E-state index contributed by atoms with van der Waals surface area (Å²) < 4.78 is 25.6. The van der Waals surface area contributed by atoms with Crippen LogP contribution >= 0.6 is 11.3 Å². The Morgan fingerprint density at radius 3 is 2.55 bits per heavy atom. The molecule has 2 unspecified atom stereocenters. The molecule has 112 valence electrons. The van der Waals surface area contributed by atoms with E-state index >= 15 is 0 Å². The van der Waals surface area contributed by atoms with Crippen molar-refractivity contribution in [2.75, 3.05) is 20.1 Å². The number of carbonyl (C=O) groups excluding carboxylic acids is 1. The smallest absolute Gasteiger partial charge is 0.264 e. The highest BCUT2D eigenvalue weighted by Crippen LogP contribution is 2.21. The summed E-state index contributed by atoms with van der Waals surface area (Å²) >= 11 is 1.17. The number of nitrogens with zero attached hydrogens (tertiary/aromatic N) is 1. The molecule has 1 aliphatic heterocycles. The number of sulfonamides is 1. The Hall–Kier alpha value is -0.960. The first-order valence-corrected chi connectivity index (χ1v) is 8.77. The third-order valence-electron chi connectivity index (χ3n) is 3.21. The van der Waals surface area contributed by atoms with Crippen LogP contribution in [-0.4, -0.2) is 51.4 Å². The summed E-state index contributed by atoms with van der Waals surface area (Å²) in [6.45, 7) is 5.33. The molecule has 1 aliphatic rings. The van der Waals surface area contributed by atoms with Gasteiger partial charge in [-0.3, -0.25) is 4.79 Å². The molecule has 0 bridgehead atoms. The molecule has 0 radical (unpaired) electrons. The summed E-state index contributed by atoms with van der Waals surface area (Å²) in [5.74, 6) is -0.104. The van der Waals surface area contributed by atoms with Gasteiger partial charge in [-0.1, -0.05) is 0 Å². The first-order chi connectivity index (χ1) is 9.33. The van der Waals surface area contributed by atoms with E-state index in [4.69, 9.17) is 0 Å². The van der Waals surface area contributed by atoms with Crippen LogP contribution in [0.2, 0.25) is 0 Å². The molecular formula is C12H19N3O3S2. The summed E-state index contributed by atoms with van der Waals surface area (Å²) in [6, 6.07) is 1.92. The molecule has 2 rings (SSSR count). The van der Waals surface area contributed by atoms with Crippen LogP contribution in [0, 0.1) is 0 Å². The zero-order valence-corrected chi connectivity index (χ0v) is 13.3. The van der Waals surface area contributed by atoms with Gasteiger partial charge in [0.15, 0.2) is 0 Å². The fraction of sp³-hybridized carbons (Fsp3) is 0.583. The Kier molecular flexibility index (Phi) is 4.48. The highest BCUT2D eigenvalue weighted by molar-refractivity contribution is 7.89. The number of hydrogen-bond donors (Lipinski definition) is 2. The number of carbonyl (C=O) groups is 1. The number of hydrogen-bond acceptors (Lipinski definition) is 5. The van der Waals surface area contributed by atoms with Gasteiger partial charge >= 0.3 is 0 Å². The molecule has 0 aromatic carbocycles. The molecule has 20 heavy (non-hydrogen) atoms. The van der Waals surface area contributed by atoms with E-state index in [2.05, 4.69) is 10.0 Å². The largest absolute Gasteiger partial charge is 0.335 e. The van der Waals surface area contributed by atoms with Gasteiger partial charge in [-0.2, -0.15) is 0 Å². The van der Waals surface area contributed by atoms with Crippen molar-refractivity contribution in [3.05, 3.63) is 16.3 Å². The molecule has 2 heterocycles. The van der Waals surface area contributed by atoms with E-state index in [1.165, 1.54) is 29.8 Å². The zero-order chi connectivity index (χ0) is 14.9. The summed E-state index contributed by atoms with van der Waals surface area (Å²) in [5, 5.41) is 4.85. The highest BCUT2D eigenvalue weighted by Gasteiger charge is 2.27. The molecule has 2 atom stereocenters. The van der Waals surface area contributed by atoms with Gasteiger partial charge in [0.2, 0.25) is 10.0 Å². The molecule has 2 N–H and O–H groups in total. The van der Waals surface area contributed by atoms with Crippen LogP contribution in [-0.2, 0) is 10.0 Å². The molecule has 1 aromatic heterocycles.